The molecule has 0 amide bonds. The Labute approximate surface area is 112 Å². The average molecular weight is 256 g/mol. The van der Waals surface area contributed by atoms with Crippen LogP contribution in [0.15, 0.2) is 48.5 Å². The molecule has 0 fully saturated rings. The summed E-state index contributed by atoms with van der Waals surface area (Å²) in [7, 11) is 1.54. The van der Waals surface area contributed by atoms with Crippen LogP contribution >= 0.6 is 0 Å². The lowest BCUT2D eigenvalue weighted by atomic mass is 10.1. The second-order valence-corrected chi connectivity index (χ2v) is 4.17. The van der Waals surface area contributed by atoms with E-state index < -0.39 is 0 Å². The fourth-order valence-electron chi connectivity index (χ4n) is 1.84. The topological polar surface area (TPSA) is 49.7 Å². The molecule has 2 rings (SSSR count). The molecule has 19 heavy (non-hydrogen) atoms. The van der Waals surface area contributed by atoms with Gasteiger partial charge in [0, 0.05) is 11.6 Å². The van der Waals surface area contributed by atoms with Gasteiger partial charge in [0.2, 0.25) is 0 Å². The Bertz CT molecular complexity index is 574. The minimum absolute atomic E-state index is 0.135. The summed E-state index contributed by atoms with van der Waals surface area (Å²) in [5.74, 6) is 0.254. The maximum Gasteiger partial charge on any atom is 0.161 e. The van der Waals surface area contributed by atoms with E-state index in [1.807, 2.05) is 42.5 Å². The van der Waals surface area contributed by atoms with Gasteiger partial charge in [-0.15, -0.1) is 0 Å². The lowest BCUT2D eigenvalue weighted by Crippen LogP contribution is -1.90. The summed E-state index contributed by atoms with van der Waals surface area (Å²) in [6, 6.07) is 12.9. The Morgan fingerprint density at radius 1 is 1.05 bits per heavy atom. The summed E-state index contributed by atoms with van der Waals surface area (Å²) in [5, 5.41) is 18.9. The van der Waals surface area contributed by atoms with E-state index >= 15 is 0 Å². The van der Waals surface area contributed by atoms with Crippen LogP contribution in [-0.2, 0) is 6.42 Å². The van der Waals surface area contributed by atoms with Gasteiger partial charge in [0.05, 0.1) is 7.11 Å². The molecule has 0 aliphatic carbocycles. The summed E-state index contributed by atoms with van der Waals surface area (Å²) in [4.78, 5) is 0. The summed E-state index contributed by atoms with van der Waals surface area (Å²) in [5.41, 5.74) is 1.94. The molecule has 0 aliphatic heterocycles. The second-order valence-electron chi connectivity index (χ2n) is 4.17. The molecule has 2 aromatic rings. The van der Waals surface area contributed by atoms with E-state index in [0.717, 1.165) is 11.1 Å². The molecule has 3 heteroatoms. The lowest BCUT2D eigenvalue weighted by molar-refractivity contribution is 0.383. The molecule has 0 atom stereocenters. The van der Waals surface area contributed by atoms with Crippen LogP contribution in [0.4, 0.5) is 0 Å². The molecule has 0 unspecified atom stereocenters. The highest BCUT2D eigenvalue weighted by Gasteiger charge is 2.07. The third-order valence-electron chi connectivity index (χ3n) is 2.83. The zero-order valence-electron chi connectivity index (χ0n) is 10.7. The third kappa shape index (κ3) is 3.28. The SMILES string of the molecule is COc1cc(O)c(O)cc1C/C=C\c1ccccc1. The van der Waals surface area contributed by atoms with Gasteiger partial charge in [-0.2, -0.15) is 0 Å². The van der Waals surface area contributed by atoms with Crippen molar-refractivity contribution in [1.82, 2.24) is 0 Å². The molecule has 0 aromatic heterocycles. The van der Waals surface area contributed by atoms with Crippen LogP contribution < -0.4 is 4.74 Å². The van der Waals surface area contributed by atoms with Gasteiger partial charge in [0.25, 0.3) is 0 Å². The zero-order chi connectivity index (χ0) is 13.7. The van der Waals surface area contributed by atoms with Crippen LogP contribution in [0.2, 0.25) is 0 Å². The third-order valence-corrected chi connectivity index (χ3v) is 2.83. The Morgan fingerprint density at radius 2 is 1.74 bits per heavy atom. The van der Waals surface area contributed by atoms with Crippen LogP contribution in [0.25, 0.3) is 6.08 Å². The molecule has 0 spiro atoms. The first-order valence-electron chi connectivity index (χ1n) is 6.01. The van der Waals surface area contributed by atoms with E-state index in [1.54, 1.807) is 0 Å². The number of phenols is 2. The number of phenolic OH excluding ortho intramolecular Hbond substituents is 2. The largest absolute Gasteiger partial charge is 0.504 e. The van der Waals surface area contributed by atoms with Gasteiger partial charge in [-0.3, -0.25) is 0 Å². The van der Waals surface area contributed by atoms with E-state index in [-0.39, 0.29) is 11.5 Å². The van der Waals surface area contributed by atoms with Crippen molar-refractivity contribution in [3.05, 3.63) is 59.7 Å². The summed E-state index contributed by atoms with van der Waals surface area (Å²) in [6.45, 7) is 0. The standard InChI is InChI=1S/C16H16O3/c1-19-16-11-15(18)14(17)10-13(16)9-5-8-12-6-3-2-4-7-12/h2-8,10-11,17-18H,9H2,1H3/b8-5-. The fourth-order valence-corrected chi connectivity index (χ4v) is 1.84. The highest BCUT2D eigenvalue weighted by Crippen LogP contribution is 2.33. The van der Waals surface area contributed by atoms with Gasteiger partial charge >= 0.3 is 0 Å². The summed E-state index contributed by atoms with van der Waals surface area (Å²) in [6.07, 6.45) is 4.61. The highest BCUT2D eigenvalue weighted by atomic mass is 16.5. The molecule has 2 N–H and O–H groups in total. The molecule has 0 heterocycles. The molecule has 2 aromatic carbocycles. The number of benzene rings is 2. The number of allylic oxidation sites excluding steroid dienone is 1. The first kappa shape index (κ1) is 13.0. The van der Waals surface area contributed by atoms with Crippen molar-refractivity contribution in [3.8, 4) is 17.2 Å². The van der Waals surface area contributed by atoms with E-state index in [4.69, 9.17) is 4.74 Å². The molecule has 0 saturated heterocycles. The Kier molecular flexibility index (Phi) is 4.08. The highest BCUT2D eigenvalue weighted by molar-refractivity contribution is 5.53. The minimum atomic E-state index is -0.173. The van der Waals surface area contributed by atoms with Gasteiger partial charge in [-0.1, -0.05) is 42.5 Å². The summed E-state index contributed by atoms with van der Waals surface area (Å²) >= 11 is 0. The quantitative estimate of drug-likeness (QED) is 0.825. The lowest BCUT2D eigenvalue weighted by Gasteiger charge is -2.08. The number of rotatable bonds is 4. The monoisotopic (exact) mass is 256 g/mol. The number of aromatic hydroxyl groups is 2. The van der Waals surface area contributed by atoms with Crippen molar-refractivity contribution in [3.63, 3.8) is 0 Å². The maximum absolute atomic E-state index is 9.51. The first-order valence-corrected chi connectivity index (χ1v) is 6.01. The number of methoxy groups -OCH3 is 1. The fraction of sp³-hybridized carbons (Fsp3) is 0.125. The predicted molar refractivity (Wildman–Crippen MR) is 75.5 cm³/mol. The molecular weight excluding hydrogens is 240 g/mol. The van der Waals surface area contributed by atoms with Crippen molar-refractivity contribution in [2.24, 2.45) is 0 Å². The van der Waals surface area contributed by atoms with E-state index in [0.29, 0.717) is 12.2 Å². The van der Waals surface area contributed by atoms with Crippen LogP contribution in [0.5, 0.6) is 17.2 Å². The molecular formula is C16H16O3. The van der Waals surface area contributed by atoms with Crippen molar-refractivity contribution in [1.29, 1.82) is 0 Å². The van der Waals surface area contributed by atoms with Gasteiger partial charge in [-0.25, -0.2) is 0 Å². The minimum Gasteiger partial charge on any atom is -0.504 e. The maximum atomic E-state index is 9.51. The van der Waals surface area contributed by atoms with Gasteiger partial charge < -0.3 is 14.9 Å². The normalized spacial score (nSPS) is 10.8. The van der Waals surface area contributed by atoms with Crippen LogP contribution in [0, 0.1) is 0 Å². The van der Waals surface area contributed by atoms with Gasteiger partial charge in [0.1, 0.15) is 5.75 Å². The summed E-state index contributed by atoms with van der Waals surface area (Å²) < 4.78 is 5.18. The van der Waals surface area contributed by atoms with Crippen molar-refractivity contribution >= 4 is 6.08 Å². The van der Waals surface area contributed by atoms with Crippen LogP contribution in [0.3, 0.4) is 0 Å². The Hall–Kier alpha value is -2.42. The molecule has 0 bridgehead atoms. The molecule has 0 radical (unpaired) electrons. The van der Waals surface area contributed by atoms with E-state index in [2.05, 4.69) is 0 Å². The molecule has 0 aliphatic rings. The number of hydrogen-bond donors (Lipinski definition) is 2. The van der Waals surface area contributed by atoms with E-state index in [9.17, 15) is 10.2 Å². The predicted octanol–water partition coefficient (Wildman–Crippen LogP) is 3.36. The van der Waals surface area contributed by atoms with Gasteiger partial charge in [0.15, 0.2) is 11.5 Å². The zero-order valence-corrected chi connectivity index (χ0v) is 10.7. The smallest absolute Gasteiger partial charge is 0.161 e. The first-order chi connectivity index (χ1) is 9.20. The number of hydrogen-bond acceptors (Lipinski definition) is 3. The Balaban J connectivity index is 2.15. The number of ether oxygens (including phenoxy) is 1. The molecule has 98 valence electrons. The van der Waals surface area contributed by atoms with Crippen LogP contribution in [0.1, 0.15) is 11.1 Å². The second kappa shape index (κ2) is 5.96. The molecule has 3 nitrogen and oxygen atoms in total. The van der Waals surface area contributed by atoms with Gasteiger partial charge in [-0.05, 0) is 18.1 Å². The van der Waals surface area contributed by atoms with Crippen molar-refractivity contribution in [2.45, 2.75) is 6.42 Å². The van der Waals surface area contributed by atoms with E-state index in [1.165, 1.54) is 19.2 Å². The van der Waals surface area contributed by atoms with Crippen LogP contribution in [-0.4, -0.2) is 17.3 Å². The average Bonchev–Trinajstić information content (AvgIpc) is 2.43. The van der Waals surface area contributed by atoms with Crippen molar-refractivity contribution < 1.29 is 14.9 Å². The van der Waals surface area contributed by atoms with Crippen molar-refractivity contribution in [2.75, 3.05) is 7.11 Å². The Morgan fingerprint density at radius 3 is 2.42 bits per heavy atom. The molecule has 0 saturated carbocycles.